The number of rotatable bonds is 7. The van der Waals surface area contributed by atoms with Gasteiger partial charge < -0.3 is 29.8 Å². The summed E-state index contributed by atoms with van der Waals surface area (Å²) in [4.78, 5) is 23.7. The zero-order chi connectivity index (χ0) is 35.9. The molecule has 0 spiro atoms. The lowest BCUT2D eigenvalue weighted by atomic mass is 9.93. The Bertz CT molecular complexity index is 2030. The lowest BCUT2D eigenvalue weighted by Crippen LogP contribution is -2.54. The summed E-state index contributed by atoms with van der Waals surface area (Å²) in [6, 6.07) is 19.7. The lowest BCUT2D eigenvalue weighted by Gasteiger charge is -2.45. The van der Waals surface area contributed by atoms with E-state index in [-0.39, 0.29) is 17.7 Å². The number of aliphatic hydroxyl groups excluding tert-OH is 1. The van der Waals surface area contributed by atoms with E-state index in [1.54, 1.807) is 35.2 Å². The molecule has 266 valence electrons. The standard InChI is InChI=1S/C31H27ClFN7O3S.C4H8O3/c1-17-36-23-10-8-20(12-28(23)44-17)37-30(35-16-34)26-13-25(40-14-24(38-39-40)19-7-9-21(32)22(33)11-19)29-27(42-26)15-41-31(43-29)18-5-3-2-4-6-18;1-2-7-4(6)3-5/h2-12,14,16,25-27,29,31H,13,15H2,1H3,(H2,34,35,37);5H,2-3H2,1H3. The molecule has 0 saturated carbocycles. The van der Waals surface area contributed by atoms with Gasteiger partial charge in [-0.05, 0) is 44.2 Å². The van der Waals surface area contributed by atoms with Gasteiger partial charge in [0.25, 0.3) is 0 Å². The summed E-state index contributed by atoms with van der Waals surface area (Å²) in [5.74, 6) is -0.695. The zero-order valence-corrected chi connectivity index (χ0v) is 29.2. The maximum Gasteiger partial charge on any atom is 0.331 e. The second-order valence-corrected chi connectivity index (χ2v) is 13.1. The summed E-state index contributed by atoms with van der Waals surface area (Å²) in [6.45, 7) is 3.74. The van der Waals surface area contributed by atoms with Gasteiger partial charge in [-0.3, -0.25) is 0 Å². The number of nitrogens with zero attached hydrogens (tertiary/aromatic N) is 6. The molecule has 2 fully saturated rings. The molecule has 2 aromatic heterocycles. The second kappa shape index (κ2) is 16.6. The Balaban J connectivity index is 0.000000582. The van der Waals surface area contributed by atoms with Crippen LogP contribution in [0, 0.1) is 12.7 Å². The number of hydrogen-bond acceptors (Lipinski definition) is 11. The molecule has 3 aromatic carbocycles. The lowest BCUT2D eigenvalue weighted by molar-refractivity contribution is -0.294. The van der Waals surface area contributed by atoms with Crippen molar-refractivity contribution >= 4 is 57.0 Å². The number of hydrogen-bond donors (Lipinski definition) is 2. The van der Waals surface area contributed by atoms with E-state index < -0.39 is 43.0 Å². The fraction of sp³-hybridized carbons (Fsp3) is 0.314. The molecule has 0 aliphatic carbocycles. The number of aryl methyl sites for hydroxylation is 1. The second-order valence-electron chi connectivity index (χ2n) is 11.5. The number of esters is 1. The van der Waals surface area contributed by atoms with Crippen LogP contribution in [0.25, 0.3) is 21.5 Å². The molecule has 2 aliphatic rings. The van der Waals surface area contributed by atoms with Crippen molar-refractivity contribution in [2.75, 3.05) is 19.8 Å². The molecule has 2 aliphatic heterocycles. The van der Waals surface area contributed by atoms with Gasteiger partial charge in [0.1, 0.15) is 36.4 Å². The number of carbonyl (C=O) groups is 1. The van der Waals surface area contributed by atoms with E-state index in [1.807, 2.05) is 55.5 Å². The Labute approximate surface area is 301 Å². The number of thiazole rings is 1. The van der Waals surface area contributed by atoms with Crippen LogP contribution in [0.3, 0.4) is 0 Å². The number of benzene rings is 3. The van der Waals surface area contributed by atoms with Gasteiger partial charge in [-0.1, -0.05) is 53.2 Å². The van der Waals surface area contributed by atoms with Crippen LogP contribution in [0.4, 0.5) is 10.1 Å². The first kappa shape index (κ1) is 36.2. The fourth-order valence-corrected chi connectivity index (χ4v) is 6.73. The minimum absolute atomic E-state index is 0.0377. The first-order valence-corrected chi connectivity index (χ1v) is 17.3. The summed E-state index contributed by atoms with van der Waals surface area (Å²) in [6.07, 6.45) is 1.32. The molecule has 16 heteroatoms. The van der Waals surface area contributed by atoms with Crippen LogP contribution in [0.1, 0.15) is 36.2 Å². The number of amidine groups is 1. The van der Waals surface area contributed by atoms with Gasteiger partial charge in [-0.2, -0.15) is 0 Å². The molecule has 5 unspecified atom stereocenters. The highest BCUT2D eigenvalue weighted by molar-refractivity contribution is 7.18. The minimum Gasteiger partial charge on any atom is -0.464 e. The van der Waals surface area contributed by atoms with Crippen molar-refractivity contribution in [3.05, 3.63) is 94.3 Å². The first-order valence-electron chi connectivity index (χ1n) is 16.1. The van der Waals surface area contributed by atoms with E-state index >= 15 is 0 Å². The van der Waals surface area contributed by atoms with Crippen molar-refractivity contribution in [1.82, 2.24) is 20.0 Å². The molecule has 0 amide bonds. The van der Waals surface area contributed by atoms with Gasteiger partial charge in [-0.25, -0.2) is 28.8 Å². The van der Waals surface area contributed by atoms with Crippen LogP contribution in [-0.2, 0) is 23.7 Å². The average Bonchev–Trinajstić information content (AvgIpc) is 3.79. The maximum atomic E-state index is 14.3. The highest BCUT2D eigenvalue weighted by Gasteiger charge is 2.47. The van der Waals surface area contributed by atoms with Crippen LogP contribution in [0.5, 0.6) is 0 Å². The molecule has 0 radical (unpaired) electrons. The quantitative estimate of drug-likeness (QED) is 0.120. The molecule has 0 bridgehead atoms. The third kappa shape index (κ3) is 8.64. The molecular formula is C35H35ClFN7O6S. The van der Waals surface area contributed by atoms with Gasteiger partial charge in [0.2, 0.25) is 0 Å². The number of aliphatic hydroxyl groups is 1. The molecule has 51 heavy (non-hydrogen) atoms. The van der Waals surface area contributed by atoms with E-state index in [0.29, 0.717) is 35.8 Å². The van der Waals surface area contributed by atoms with Crippen LogP contribution in [-0.4, -0.2) is 81.4 Å². The zero-order valence-electron chi connectivity index (χ0n) is 27.6. The van der Waals surface area contributed by atoms with Crippen molar-refractivity contribution < 1.29 is 33.2 Å². The van der Waals surface area contributed by atoms with E-state index in [0.717, 1.165) is 20.8 Å². The van der Waals surface area contributed by atoms with E-state index in [9.17, 15) is 9.18 Å². The summed E-state index contributed by atoms with van der Waals surface area (Å²) in [5, 5.41) is 17.8. The van der Waals surface area contributed by atoms with Crippen molar-refractivity contribution in [1.29, 1.82) is 0 Å². The molecule has 13 nitrogen and oxygen atoms in total. The Morgan fingerprint density at radius 2 is 2.02 bits per heavy atom. The van der Waals surface area contributed by atoms with Gasteiger partial charge in [-0.15, -0.1) is 16.4 Å². The summed E-state index contributed by atoms with van der Waals surface area (Å²) in [7, 11) is 0. The number of ether oxygens (including phenoxy) is 4. The topological polar surface area (TPSA) is 169 Å². The molecule has 5 atom stereocenters. The van der Waals surface area contributed by atoms with Crippen molar-refractivity contribution in [3.63, 3.8) is 0 Å². The van der Waals surface area contributed by atoms with Crippen molar-refractivity contribution in [2.45, 2.75) is 50.9 Å². The van der Waals surface area contributed by atoms with Gasteiger partial charge in [0.15, 0.2) is 12.1 Å². The number of carbonyl (C=O) groups excluding carboxylic acids is 1. The Morgan fingerprint density at radius 3 is 2.75 bits per heavy atom. The molecule has 7 rings (SSSR count). The van der Waals surface area contributed by atoms with Crippen molar-refractivity contribution in [3.8, 4) is 11.3 Å². The van der Waals surface area contributed by atoms with Gasteiger partial charge in [0.05, 0.1) is 57.7 Å². The Kier molecular flexibility index (Phi) is 11.8. The average molecular weight is 736 g/mol. The SMILES string of the molecule is CCOC(=O)CO.Cc1nc2ccc(N=C(N=CN)C3CC(n4cc(-c5ccc(Cl)c(F)c5)nn4)C4OC(c5ccccc5)OCC4O3)cc2s1. The van der Waals surface area contributed by atoms with E-state index in [4.69, 9.17) is 41.6 Å². The minimum atomic E-state index is -0.585. The van der Waals surface area contributed by atoms with E-state index in [1.165, 1.54) is 18.5 Å². The predicted octanol–water partition coefficient (Wildman–Crippen LogP) is 5.73. The fourth-order valence-electron chi connectivity index (χ4n) is 5.76. The smallest absolute Gasteiger partial charge is 0.331 e. The molecule has 5 aromatic rings. The number of nitrogens with two attached hydrogens (primary N) is 1. The Hall–Kier alpha value is -4.64. The third-order valence-electron chi connectivity index (χ3n) is 8.02. The maximum absolute atomic E-state index is 14.3. The summed E-state index contributed by atoms with van der Waals surface area (Å²) < 4.78 is 40.5. The molecular weight excluding hydrogens is 701 g/mol. The highest BCUT2D eigenvalue weighted by Crippen LogP contribution is 2.40. The van der Waals surface area contributed by atoms with Gasteiger partial charge >= 0.3 is 5.97 Å². The van der Waals surface area contributed by atoms with Crippen molar-refractivity contribution in [2.24, 2.45) is 15.7 Å². The number of aliphatic imine (C=N–C) groups is 2. The first-order chi connectivity index (χ1) is 24.8. The Morgan fingerprint density at radius 1 is 1.20 bits per heavy atom. The van der Waals surface area contributed by atoms with Crippen LogP contribution < -0.4 is 5.73 Å². The van der Waals surface area contributed by atoms with Crippen LogP contribution in [0.15, 0.2) is 82.9 Å². The molecule has 2 saturated heterocycles. The van der Waals surface area contributed by atoms with Crippen LogP contribution in [0.2, 0.25) is 5.02 Å². The van der Waals surface area contributed by atoms with Crippen LogP contribution >= 0.6 is 22.9 Å². The largest absolute Gasteiger partial charge is 0.464 e. The highest BCUT2D eigenvalue weighted by atomic mass is 35.5. The number of aromatic nitrogens is 4. The molecule has 4 heterocycles. The summed E-state index contributed by atoms with van der Waals surface area (Å²) in [5.41, 5.74) is 9.34. The summed E-state index contributed by atoms with van der Waals surface area (Å²) >= 11 is 7.50. The molecule has 3 N–H and O–H groups in total. The third-order valence-corrected chi connectivity index (χ3v) is 9.26. The predicted molar refractivity (Wildman–Crippen MR) is 191 cm³/mol. The normalized spacial score (nSPS) is 22.0. The van der Waals surface area contributed by atoms with E-state index in [2.05, 4.69) is 25.0 Å². The van der Waals surface area contributed by atoms with Gasteiger partial charge in [0, 0.05) is 17.5 Å². The monoisotopic (exact) mass is 735 g/mol. The number of halogens is 2. The number of fused-ring (bicyclic) bond motifs is 2.